The molecule has 2 aliphatic rings. The van der Waals surface area contributed by atoms with Crippen LogP contribution in [0.3, 0.4) is 0 Å². The topological polar surface area (TPSA) is 167 Å². The Morgan fingerprint density at radius 1 is 1.20 bits per heavy atom. The van der Waals surface area contributed by atoms with Gasteiger partial charge in [-0.25, -0.2) is 8.42 Å². The number of nitrogens with zero attached hydrogens (tertiary/aromatic N) is 3. The number of hydrogen-bond acceptors (Lipinski definition) is 12. The van der Waals surface area contributed by atoms with E-state index < -0.39 is 44.4 Å². The lowest BCUT2D eigenvalue weighted by atomic mass is 9.73. The molecule has 0 saturated carbocycles. The zero-order chi connectivity index (χ0) is 29.5. The van der Waals surface area contributed by atoms with Crippen molar-refractivity contribution in [2.24, 2.45) is 10.9 Å². The minimum atomic E-state index is -3.69. The number of ether oxygens (including phenoxy) is 3. The predicted octanol–water partition coefficient (Wildman–Crippen LogP) is 3.72. The van der Waals surface area contributed by atoms with Gasteiger partial charge in [-0.3, -0.25) is 14.6 Å². The molecule has 12 nitrogen and oxygen atoms in total. The number of Topliss-reactive ketones (excluding diaryl/α,β-unsaturated/α-hetero) is 2. The second-order valence-electron chi connectivity index (χ2n) is 9.40. The summed E-state index contributed by atoms with van der Waals surface area (Å²) in [5.74, 6) is -2.73. The molecule has 0 unspecified atom stereocenters. The predicted molar refractivity (Wildman–Crippen MR) is 145 cm³/mol. The van der Waals surface area contributed by atoms with Crippen LogP contribution >= 0.6 is 11.6 Å². The number of ketones is 2. The highest BCUT2D eigenvalue weighted by molar-refractivity contribution is 7.90. The van der Waals surface area contributed by atoms with Crippen LogP contribution in [0.25, 0.3) is 0 Å². The van der Waals surface area contributed by atoms with Gasteiger partial charge in [0.2, 0.25) is 17.3 Å². The van der Waals surface area contributed by atoms with Gasteiger partial charge in [0.05, 0.1) is 24.7 Å². The molecule has 1 aliphatic heterocycles. The number of carbonyl (C=O) groups excluding carboxylic acids is 2. The fourth-order valence-electron chi connectivity index (χ4n) is 4.82. The lowest BCUT2D eigenvalue weighted by Crippen LogP contribution is -2.52. The molecule has 2 aromatic carbocycles. The molecule has 3 aromatic rings. The number of methoxy groups -OCH3 is 2. The molecule has 2 atom stereocenters. The summed E-state index contributed by atoms with van der Waals surface area (Å²) in [6.45, 7) is 1.38. The molecule has 0 amide bonds. The Morgan fingerprint density at radius 3 is 2.59 bits per heavy atom. The summed E-state index contributed by atoms with van der Waals surface area (Å²) in [6.07, 6.45) is 0.958. The van der Waals surface area contributed by atoms with E-state index in [1.165, 1.54) is 32.4 Å². The summed E-state index contributed by atoms with van der Waals surface area (Å²) in [6, 6.07) is 9.28. The molecular formula is C27H24ClN3O9S. The first kappa shape index (κ1) is 28.3. The monoisotopic (exact) mass is 601 g/mol. The van der Waals surface area contributed by atoms with Crippen molar-refractivity contribution in [1.29, 1.82) is 0 Å². The van der Waals surface area contributed by atoms with Crippen molar-refractivity contribution in [2.75, 3.05) is 14.2 Å². The minimum absolute atomic E-state index is 0.0159. The van der Waals surface area contributed by atoms with Crippen molar-refractivity contribution in [2.45, 2.75) is 36.1 Å². The molecule has 1 spiro atoms. The van der Waals surface area contributed by atoms with Crippen molar-refractivity contribution in [1.82, 2.24) is 10.1 Å². The summed E-state index contributed by atoms with van der Waals surface area (Å²) in [5.41, 5.74) is -2.16. The van der Waals surface area contributed by atoms with Gasteiger partial charge in [0.1, 0.15) is 34.4 Å². The van der Waals surface area contributed by atoms with Crippen LogP contribution < -0.4 is 14.2 Å². The summed E-state index contributed by atoms with van der Waals surface area (Å²) >= 11 is 6.43. The number of carbonyl (C=O) groups is 2. The van der Waals surface area contributed by atoms with Crippen LogP contribution in [0.15, 0.2) is 62.1 Å². The normalized spacial score (nSPS) is 20.5. The van der Waals surface area contributed by atoms with E-state index in [0.29, 0.717) is 0 Å². The van der Waals surface area contributed by atoms with E-state index in [4.69, 9.17) is 30.3 Å². The molecule has 0 saturated heterocycles. The van der Waals surface area contributed by atoms with Crippen LogP contribution in [0.1, 0.15) is 35.4 Å². The fraction of sp³-hybridized carbons (Fsp3) is 0.296. The van der Waals surface area contributed by atoms with Gasteiger partial charge in [0.15, 0.2) is 33.0 Å². The number of aliphatic hydroxyl groups is 1. The maximum absolute atomic E-state index is 13.8. The number of benzene rings is 2. The quantitative estimate of drug-likeness (QED) is 0.374. The molecule has 0 bridgehead atoms. The number of fused-ring (bicyclic) bond motifs is 1. The number of aliphatic hydroxyl groups excluding tert-OH is 1. The van der Waals surface area contributed by atoms with E-state index in [-0.39, 0.29) is 63.0 Å². The first-order valence-electron chi connectivity index (χ1n) is 12.3. The highest BCUT2D eigenvalue weighted by Crippen LogP contribution is 2.54. The van der Waals surface area contributed by atoms with Gasteiger partial charge in [-0.2, -0.15) is 4.98 Å². The summed E-state index contributed by atoms with van der Waals surface area (Å²) in [4.78, 5) is 34.9. The number of rotatable bonds is 8. The van der Waals surface area contributed by atoms with E-state index in [9.17, 15) is 23.1 Å². The Morgan fingerprint density at radius 2 is 1.90 bits per heavy atom. The van der Waals surface area contributed by atoms with E-state index in [1.807, 2.05) is 0 Å². The Kier molecular flexibility index (Phi) is 7.34. The third-order valence-corrected chi connectivity index (χ3v) is 8.88. The van der Waals surface area contributed by atoms with Crippen molar-refractivity contribution in [3.05, 3.63) is 70.0 Å². The lowest BCUT2D eigenvalue weighted by Gasteiger charge is -2.36. The minimum Gasteiger partial charge on any atom is -0.507 e. The Bertz CT molecular complexity index is 1720. The summed E-state index contributed by atoms with van der Waals surface area (Å²) in [5, 5.41) is 15.0. The third-order valence-electron chi connectivity index (χ3n) is 6.89. The summed E-state index contributed by atoms with van der Waals surface area (Å²) < 4.78 is 46.9. The third kappa shape index (κ3) is 4.74. The maximum Gasteiger partial charge on any atom is 0.248 e. The van der Waals surface area contributed by atoms with Crippen LogP contribution in [0, 0.1) is 5.92 Å². The van der Waals surface area contributed by atoms with E-state index in [2.05, 4.69) is 15.1 Å². The average molecular weight is 602 g/mol. The van der Waals surface area contributed by atoms with Crippen molar-refractivity contribution in [3.8, 4) is 17.2 Å². The number of hydrogen-bond donors (Lipinski definition) is 1. The lowest BCUT2D eigenvalue weighted by molar-refractivity contribution is -0.118. The van der Waals surface area contributed by atoms with Crippen LogP contribution in [0.4, 0.5) is 0 Å². The van der Waals surface area contributed by atoms with Gasteiger partial charge in [0.25, 0.3) is 0 Å². The van der Waals surface area contributed by atoms with Gasteiger partial charge in [0, 0.05) is 24.6 Å². The van der Waals surface area contributed by atoms with Gasteiger partial charge < -0.3 is 23.8 Å². The van der Waals surface area contributed by atoms with Crippen LogP contribution in [0.5, 0.6) is 17.2 Å². The molecule has 41 heavy (non-hydrogen) atoms. The molecule has 5 rings (SSSR count). The van der Waals surface area contributed by atoms with Gasteiger partial charge >= 0.3 is 0 Å². The number of aromatic nitrogens is 2. The van der Waals surface area contributed by atoms with Crippen LogP contribution in [-0.4, -0.2) is 61.3 Å². The Labute approximate surface area is 239 Å². The molecular weight excluding hydrogens is 578 g/mol. The second kappa shape index (κ2) is 10.6. The molecule has 0 radical (unpaired) electrons. The highest BCUT2D eigenvalue weighted by atomic mass is 35.5. The first-order chi connectivity index (χ1) is 19.5. The molecule has 1 aliphatic carbocycles. The Hall–Kier alpha value is -4.23. The van der Waals surface area contributed by atoms with Crippen molar-refractivity contribution >= 4 is 39.2 Å². The Balaban J connectivity index is 1.41. The first-order valence-corrected chi connectivity index (χ1v) is 14.3. The highest BCUT2D eigenvalue weighted by Gasteiger charge is 2.60. The van der Waals surface area contributed by atoms with E-state index in [0.717, 1.165) is 6.21 Å². The van der Waals surface area contributed by atoms with Gasteiger partial charge in [-0.1, -0.05) is 41.9 Å². The smallest absolute Gasteiger partial charge is 0.248 e. The molecule has 1 N–H and O–H groups in total. The molecule has 2 heterocycles. The molecule has 14 heteroatoms. The molecule has 0 fully saturated rings. The van der Waals surface area contributed by atoms with E-state index in [1.54, 1.807) is 25.1 Å². The zero-order valence-electron chi connectivity index (χ0n) is 22.1. The van der Waals surface area contributed by atoms with Gasteiger partial charge in [-0.15, -0.1) is 0 Å². The largest absolute Gasteiger partial charge is 0.507 e. The summed E-state index contributed by atoms with van der Waals surface area (Å²) in [7, 11) is -0.937. The van der Waals surface area contributed by atoms with Crippen molar-refractivity contribution < 1.29 is 41.8 Å². The van der Waals surface area contributed by atoms with E-state index >= 15 is 0 Å². The number of aliphatic imine (C=N–C) groups is 1. The number of allylic oxidation sites excluding steroid dienone is 1. The van der Waals surface area contributed by atoms with Crippen LogP contribution in [-0.2, 0) is 26.9 Å². The molecule has 214 valence electrons. The average Bonchev–Trinajstić information content (AvgIpc) is 3.53. The molecule has 1 aromatic heterocycles. The maximum atomic E-state index is 13.8. The van der Waals surface area contributed by atoms with Gasteiger partial charge in [-0.05, 0) is 12.1 Å². The van der Waals surface area contributed by atoms with Crippen molar-refractivity contribution in [3.63, 3.8) is 0 Å². The second-order valence-corrected chi connectivity index (χ2v) is 11.8. The number of sulfone groups is 1. The fourth-order valence-corrected chi connectivity index (χ4v) is 6.28. The SMILES string of the molecule is COc1cc(OC)c2c(c1Cl)O[C@]1(C2=O)C(O)=C(C=NCc2nc(CS(=O)(=O)c3ccccc3)no2)C(=O)C[C@H]1C. The zero-order valence-corrected chi connectivity index (χ0v) is 23.7. The standard InChI is InChI=1S/C27H24ClN3O9S/c1-14-9-17(32)16(11-29-12-21-30-20(31-40-21)13-41(35,36)15-7-5-4-6-8-15)25(33)27(14)26(34)22-18(37-2)10-19(38-3)23(28)24(22)39-27/h4-8,10-11,14,33H,9,12-13H2,1-3H3/t14-,27+/m1/s1. The van der Waals surface area contributed by atoms with Crippen LogP contribution in [0.2, 0.25) is 5.02 Å². The number of halogens is 1.